The van der Waals surface area contributed by atoms with Gasteiger partial charge in [-0.05, 0) is 25.1 Å². The van der Waals surface area contributed by atoms with Crippen LogP contribution in [-0.2, 0) is 30.3 Å². The molecule has 0 unspecified atom stereocenters. The summed E-state index contributed by atoms with van der Waals surface area (Å²) in [6.07, 6.45) is 4.10. The fourth-order valence-electron chi connectivity index (χ4n) is 1.68. The molecule has 9 heteroatoms. The normalized spacial score (nSPS) is 10.6. The molecule has 0 aliphatic carbocycles. The van der Waals surface area contributed by atoms with E-state index in [0.717, 1.165) is 17.4 Å². The van der Waals surface area contributed by atoms with Gasteiger partial charge in [-0.25, -0.2) is 9.78 Å². The number of anilines is 1. The molecule has 0 saturated heterocycles. The smallest absolute Gasteiger partial charge is 0.331 e. The highest BCUT2D eigenvalue weighted by Gasteiger charge is 2.11. The molecule has 0 aliphatic rings. The van der Waals surface area contributed by atoms with Gasteiger partial charge < -0.3 is 13.9 Å². The Bertz CT molecular complexity index is 751. The van der Waals surface area contributed by atoms with Crippen molar-refractivity contribution in [1.29, 1.82) is 0 Å². The third kappa shape index (κ3) is 6.60. The molecule has 2 rings (SSSR count). The maximum Gasteiger partial charge on any atom is 0.331 e. The number of furan rings is 1. The number of thiazole rings is 1. The van der Waals surface area contributed by atoms with Crippen LogP contribution >= 0.6 is 11.3 Å². The van der Waals surface area contributed by atoms with Gasteiger partial charge in [0.05, 0.1) is 25.0 Å². The zero-order chi connectivity index (χ0) is 18.1. The van der Waals surface area contributed by atoms with Crippen LogP contribution in [0.2, 0.25) is 0 Å². The zero-order valence-electron chi connectivity index (χ0n) is 13.4. The maximum absolute atomic E-state index is 11.7. The monoisotopic (exact) mass is 364 g/mol. The lowest BCUT2D eigenvalue weighted by molar-refractivity contribution is -0.142. The van der Waals surface area contributed by atoms with Crippen LogP contribution in [0.1, 0.15) is 18.4 Å². The van der Waals surface area contributed by atoms with Crippen LogP contribution in [-0.4, -0.2) is 36.0 Å². The van der Waals surface area contributed by atoms with Crippen molar-refractivity contribution in [3.63, 3.8) is 0 Å². The Morgan fingerprint density at radius 3 is 2.92 bits per heavy atom. The maximum atomic E-state index is 11.7. The van der Waals surface area contributed by atoms with Gasteiger partial charge in [0, 0.05) is 11.5 Å². The summed E-state index contributed by atoms with van der Waals surface area (Å²) in [7, 11) is 0. The first kappa shape index (κ1) is 18.4. The van der Waals surface area contributed by atoms with Crippen LogP contribution in [0.3, 0.4) is 0 Å². The number of hydrogen-bond donors (Lipinski definition) is 1. The Balaban J connectivity index is 1.74. The molecule has 8 nitrogen and oxygen atoms in total. The zero-order valence-corrected chi connectivity index (χ0v) is 14.2. The number of nitrogens with zero attached hydrogens (tertiary/aromatic N) is 1. The fraction of sp³-hybridized carbons (Fsp3) is 0.250. The van der Waals surface area contributed by atoms with Crippen LogP contribution in [0.15, 0.2) is 34.3 Å². The van der Waals surface area contributed by atoms with Crippen LogP contribution in [0.5, 0.6) is 0 Å². The van der Waals surface area contributed by atoms with E-state index in [0.29, 0.717) is 23.2 Å². The minimum atomic E-state index is -0.673. The number of aromatic nitrogens is 1. The van der Waals surface area contributed by atoms with Gasteiger partial charge >= 0.3 is 11.9 Å². The van der Waals surface area contributed by atoms with Crippen molar-refractivity contribution in [2.45, 2.75) is 13.3 Å². The van der Waals surface area contributed by atoms with Gasteiger partial charge in [-0.15, -0.1) is 11.3 Å². The third-order valence-electron chi connectivity index (χ3n) is 2.70. The molecule has 0 bridgehead atoms. The van der Waals surface area contributed by atoms with Crippen molar-refractivity contribution in [3.05, 3.63) is 41.3 Å². The van der Waals surface area contributed by atoms with Crippen LogP contribution < -0.4 is 5.32 Å². The average Bonchev–Trinajstić information content (AvgIpc) is 3.23. The standard InChI is InChI=1S/C16H16N2O6S/c1-2-22-15(21)8-11-10-25-16(17-11)18-13(19)9-24-14(20)6-5-12-4-3-7-23-12/h3-7,10H,2,8-9H2,1H3,(H,17,18,19)/b6-5+. The molecule has 0 spiro atoms. The van der Waals surface area contributed by atoms with Crippen molar-refractivity contribution in [3.8, 4) is 0 Å². The van der Waals surface area contributed by atoms with E-state index in [4.69, 9.17) is 13.9 Å². The van der Waals surface area contributed by atoms with Crippen LogP contribution in [0, 0.1) is 0 Å². The summed E-state index contributed by atoms with van der Waals surface area (Å²) in [6.45, 7) is 1.57. The minimum absolute atomic E-state index is 0.0345. The van der Waals surface area contributed by atoms with Crippen molar-refractivity contribution >= 4 is 40.4 Å². The molecule has 2 aromatic rings. The second-order valence-electron chi connectivity index (χ2n) is 4.63. The van der Waals surface area contributed by atoms with E-state index in [-0.39, 0.29) is 12.4 Å². The summed E-state index contributed by atoms with van der Waals surface area (Å²) in [5.74, 6) is -1.09. The lowest BCUT2D eigenvalue weighted by Gasteiger charge is -2.02. The number of carbonyl (C=O) groups is 3. The van der Waals surface area contributed by atoms with Gasteiger partial charge in [-0.3, -0.25) is 14.9 Å². The number of esters is 2. The van der Waals surface area contributed by atoms with Crippen molar-refractivity contribution in [2.75, 3.05) is 18.5 Å². The van der Waals surface area contributed by atoms with E-state index >= 15 is 0 Å². The quantitative estimate of drug-likeness (QED) is 0.564. The molecule has 2 aromatic heterocycles. The molecular weight excluding hydrogens is 348 g/mol. The van der Waals surface area contributed by atoms with Crippen LogP contribution in [0.4, 0.5) is 5.13 Å². The van der Waals surface area contributed by atoms with E-state index in [1.54, 1.807) is 24.4 Å². The number of rotatable bonds is 8. The first-order valence-corrected chi connectivity index (χ1v) is 8.23. The summed E-state index contributed by atoms with van der Waals surface area (Å²) in [5.41, 5.74) is 0.497. The average molecular weight is 364 g/mol. The number of hydrogen-bond acceptors (Lipinski definition) is 8. The molecular formula is C16H16N2O6S. The van der Waals surface area contributed by atoms with Gasteiger partial charge in [-0.2, -0.15) is 0 Å². The molecule has 0 aliphatic heterocycles. The van der Waals surface area contributed by atoms with E-state index in [1.807, 2.05) is 0 Å². The fourth-order valence-corrected chi connectivity index (χ4v) is 2.41. The van der Waals surface area contributed by atoms with Gasteiger partial charge in [0.25, 0.3) is 5.91 Å². The van der Waals surface area contributed by atoms with E-state index < -0.39 is 18.5 Å². The molecule has 0 aromatic carbocycles. The molecule has 1 amide bonds. The van der Waals surface area contributed by atoms with Crippen molar-refractivity contribution in [1.82, 2.24) is 4.98 Å². The highest BCUT2D eigenvalue weighted by Crippen LogP contribution is 2.16. The largest absolute Gasteiger partial charge is 0.466 e. The Kier molecular flexibility index (Phi) is 6.90. The Morgan fingerprint density at radius 1 is 1.36 bits per heavy atom. The van der Waals surface area contributed by atoms with E-state index in [1.165, 1.54) is 12.3 Å². The van der Waals surface area contributed by atoms with Gasteiger partial charge in [-0.1, -0.05) is 0 Å². The first-order chi connectivity index (χ1) is 12.1. The summed E-state index contributed by atoms with van der Waals surface area (Å²) < 4.78 is 14.6. The highest BCUT2D eigenvalue weighted by atomic mass is 32.1. The molecule has 2 heterocycles. The molecule has 0 fully saturated rings. The lowest BCUT2D eigenvalue weighted by atomic mass is 10.3. The molecule has 0 saturated carbocycles. The number of ether oxygens (including phenoxy) is 2. The lowest BCUT2D eigenvalue weighted by Crippen LogP contribution is -2.20. The predicted molar refractivity (Wildman–Crippen MR) is 89.8 cm³/mol. The van der Waals surface area contributed by atoms with E-state index in [9.17, 15) is 14.4 Å². The molecule has 0 radical (unpaired) electrons. The Labute approximate surface area is 147 Å². The van der Waals surface area contributed by atoms with Crippen molar-refractivity contribution in [2.24, 2.45) is 0 Å². The van der Waals surface area contributed by atoms with Crippen LogP contribution in [0.25, 0.3) is 6.08 Å². The highest BCUT2D eigenvalue weighted by molar-refractivity contribution is 7.13. The minimum Gasteiger partial charge on any atom is -0.466 e. The second kappa shape index (κ2) is 9.38. The summed E-state index contributed by atoms with van der Waals surface area (Å²) in [6, 6.07) is 3.36. The van der Waals surface area contributed by atoms with E-state index in [2.05, 4.69) is 10.3 Å². The number of amides is 1. The van der Waals surface area contributed by atoms with Gasteiger partial charge in [0.2, 0.25) is 0 Å². The predicted octanol–water partition coefficient (Wildman–Crippen LogP) is 2.04. The number of nitrogens with one attached hydrogen (secondary N) is 1. The molecule has 132 valence electrons. The second-order valence-corrected chi connectivity index (χ2v) is 5.49. The number of carbonyl (C=O) groups excluding carboxylic acids is 3. The molecule has 0 atom stereocenters. The molecule has 1 N–H and O–H groups in total. The van der Waals surface area contributed by atoms with Crippen molar-refractivity contribution < 1.29 is 28.3 Å². The van der Waals surface area contributed by atoms with Gasteiger partial charge in [0.15, 0.2) is 11.7 Å². The topological polar surface area (TPSA) is 108 Å². The first-order valence-electron chi connectivity index (χ1n) is 7.35. The summed E-state index contributed by atoms with van der Waals surface area (Å²) in [4.78, 5) is 38.7. The summed E-state index contributed by atoms with van der Waals surface area (Å²) >= 11 is 1.16. The SMILES string of the molecule is CCOC(=O)Cc1csc(NC(=O)COC(=O)/C=C/c2ccco2)n1. The Morgan fingerprint density at radius 2 is 2.20 bits per heavy atom. The Hall–Kier alpha value is -2.94. The third-order valence-corrected chi connectivity index (χ3v) is 3.51. The van der Waals surface area contributed by atoms with Gasteiger partial charge in [0.1, 0.15) is 5.76 Å². The summed E-state index contributed by atoms with van der Waals surface area (Å²) in [5, 5.41) is 4.44. The molecule has 25 heavy (non-hydrogen) atoms.